The lowest BCUT2D eigenvalue weighted by atomic mass is 10.0. The van der Waals surface area contributed by atoms with Crippen molar-refractivity contribution in [1.29, 1.82) is 0 Å². The Hall–Kier alpha value is -1.75. The van der Waals surface area contributed by atoms with Gasteiger partial charge in [-0.3, -0.25) is 4.68 Å². The molecular formula is C12H15FN4. The van der Waals surface area contributed by atoms with E-state index in [2.05, 4.69) is 10.3 Å². The fourth-order valence-electron chi connectivity index (χ4n) is 1.78. The molecular weight excluding hydrogens is 219 g/mol. The van der Waals surface area contributed by atoms with Gasteiger partial charge in [0.15, 0.2) is 0 Å². The quantitative estimate of drug-likeness (QED) is 0.875. The molecule has 0 spiro atoms. The van der Waals surface area contributed by atoms with E-state index in [-0.39, 0.29) is 5.82 Å². The van der Waals surface area contributed by atoms with E-state index in [1.807, 2.05) is 6.07 Å². The number of rotatable bonds is 3. The summed E-state index contributed by atoms with van der Waals surface area (Å²) in [5.74, 6) is -0.233. The number of aromatic nitrogens is 3. The lowest BCUT2D eigenvalue weighted by Crippen LogP contribution is -2.15. The summed E-state index contributed by atoms with van der Waals surface area (Å²) in [4.78, 5) is 0. The first kappa shape index (κ1) is 11.7. The third-order valence-corrected chi connectivity index (χ3v) is 2.70. The Bertz CT molecular complexity index is 521. The van der Waals surface area contributed by atoms with Crippen LogP contribution >= 0.6 is 0 Å². The predicted molar refractivity (Wildman–Crippen MR) is 62.8 cm³/mol. The minimum atomic E-state index is -0.397. The van der Waals surface area contributed by atoms with Crippen molar-refractivity contribution in [2.24, 2.45) is 12.8 Å². The summed E-state index contributed by atoms with van der Waals surface area (Å²) < 4.78 is 15.4. The number of aryl methyl sites for hydroxylation is 2. The van der Waals surface area contributed by atoms with Crippen LogP contribution in [0, 0.1) is 12.7 Å². The van der Waals surface area contributed by atoms with Crippen molar-refractivity contribution in [3.05, 3.63) is 47.0 Å². The average molecular weight is 234 g/mol. The fourth-order valence-corrected chi connectivity index (χ4v) is 1.78. The van der Waals surface area contributed by atoms with E-state index in [1.165, 1.54) is 0 Å². The van der Waals surface area contributed by atoms with Crippen LogP contribution in [-0.4, -0.2) is 15.0 Å². The largest absolute Gasteiger partial charge is 0.324 e. The van der Waals surface area contributed by atoms with E-state index in [1.54, 1.807) is 37.0 Å². The summed E-state index contributed by atoms with van der Waals surface area (Å²) >= 11 is 0. The second kappa shape index (κ2) is 4.63. The number of nitrogens with zero attached hydrogens (tertiary/aromatic N) is 3. The maximum Gasteiger partial charge on any atom is 0.130 e. The zero-order valence-electron chi connectivity index (χ0n) is 9.89. The van der Waals surface area contributed by atoms with Gasteiger partial charge >= 0.3 is 0 Å². The molecule has 0 saturated heterocycles. The summed E-state index contributed by atoms with van der Waals surface area (Å²) in [6.07, 6.45) is 2.27. The Balaban J connectivity index is 2.20. The van der Waals surface area contributed by atoms with E-state index >= 15 is 0 Å². The maximum atomic E-state index is 13.8. The van der Waals surface area contributed by atoms with Crippen LogP contribution in [0.15, 0.2) is 24.4 Å². The van der Waals surface area contributed by atoms with Crippen LogP contribution in [-0.2, 0) is 13.5 Å². The van der Waals surface area contributed by atoms with Crippen LogP contribution in [0.5, 0.6) is 0 Å². The first-order valence-corrected chi connectivity index (χ1v) is 5.43. The van der Waals surface area contributed by atoms with Crippen molar-refractivity contribution < 1.29 is 4.39 Å². The first-order chi connectivity index (χ1) is 8.08. The van der Waals surface area contributed by atoms with Crippen molar-refractivity contribution in [2.45, 2.75) is 19.4 Å². The molecule has 1 heterocycles. The lowest BCUT2D eigenvalue weighted by molar-refractivity contribution is 0.570. The normalized spacial score (nSPS) is 12.7. The van der Waals surface area contributed by atoms with E-state index < -0.39 is 6.04 Å². The van der Waals surface area contributed by atoms with Crippen molar-refractivity contribution in [1.82, 2.24) is 15.0 Å². The zero-order chi connectivity index (χ0) is 12.4. The molecule has 17 heavy (non-hydrogen) atoms. The van der Waals surface area contributed by atoms with Gasteiger partial charge in [0.05, 0.1) is 5.69 Å². The van der Waals surface area contributed by atoms with Crippen LogP contribution in [0.3, 0.4) is 0 Å². The highest BCUT2D eigenvalue weighted by Gasteiger charge is 2.14. The monoisotopic (exact) mass is 234 g/mol. The summed E-state index contributed by atoms with van der Waals surface area (Å²) in [5.41, 5.74) is 7.89. The molecule has 0 fully saturated rings. The molecule has 1 atom stereocenters. The third kappa shape index (κ3) is 2.50. The Kier molecular flexibility index (Phi) is 3.19. The van der Waals surface area contributed by atoms with Gasteiger partial charge in [-0.05, 0) is 12.5 Å². The highest BCUT2D eigenvalue weighted by Crippen LogP contribution is 2.20. The number of halogens is 1. The van der Waals surface area contributed by atoms with Gasteiger partial charge in [0, 0.05) is 31.3 Å². The minimum absolute atomic E-state index is 0.233. The summed E-state index contributed by atoms with van der Waals surface area (Å²) in [6, 6.07) is 4.85. The second-order valence-electron chi connectivity index (χ2n) is 4.17. The summed E-state index contributed by atoms with van der Waals surface area (Å²) in [7, 11) is 1.79. The van der Waals surface area contributed by atoms with Gasteiger partial charge in [-0.1, -0.05) is 23.4 Å². The summed E-state index contributed by atoms with van der Waals surface area (Å²) in [5, 5.41) is 7.76. The predicted octanol–water partition coefficient (Wildman–Crippen LogP) is 1.51. The first-order valence-electron chi connectivity index (χ1n) is 5.43. The van der Waals surface area contributed by atoms with E-state index in [4.69, 9.17) is 5.73 Å². The lowest BCUT2D eigenvalue weighted by Gasteiger charge is -2.12. The third-order valence-electron chi connectivity index (χ3n) is 2.70. The topological polar surface area (TPSA) is 56.7 Å². The second-order valence-corrected chi connectivity index (χ2v) is 4.17. The Morgan fingerprint density at radius 2 is 2.24 bits per heavy atom. The highest BCUT2D eigenvalue weighted by atomic mass is 19.1. The van der Waals surface area contributed by atoms with Crippen molar-refractivity contribution in [2.75, 3.05) is 0 Å². The van der Waals surface area contributed by atoms with Gasteiger partial charge in [0.2, 0.25) is 0 Å². The van der Waals surface area contributed by atoms with Gasteiger partial charge in [0.25, 0.3) is 0 Å². The molecule has 0 aliphatic carbocycles. The molecule has 0 saturated carbocycles. The molecule has 0 aliphatic rings. The maximum absolute atomic E-state index is 13.8. The van der Waals surface area contributed by atoms with Crippen LogP contribution < -0.4 is 5.73 Å². The van der Waals surface area contributed by atoms with Crippen molar-refractivity contribution in [3.63, 3.8) is 0 Å². The molecule has 90 valence electrons. The fraction of sp³-hybridized carbons (Fsp3) is 0.333. The van der Waals surface area contributed by atoms with Crippen molar-refractivity contribution >= 4 is 0 Å². The van der Waals surface area contributed by atoms with E-state index in [0.29, 0.717) is 17.5 Å². The minimum Gasteiger partial charge on any atom is -0.324 e. The molecule has 1 aromatic carbocycles. The number of benzene rings is 1. The van der Waals surface area contributed by atoms with Gasteiger partial charge in [-0.25, -0.2) is 4.39 Å². The van der Waals surface area contributed by atoms with Gasteiger partial charge in [-0.2, -0.15) is 0 Å². The Morgan fingerprint density at radius 1 is 1.47 bits per heavy atom. The highest BCUT2D eigenvalue weighted by molar-refractivity contribution is 5.28. The standard InChI is InChI=1S/C12H15FN4/c1-8-4-3-5-10(12(8)13)11(14)6-9-7-17(2)16-15-9/h3-5,7,11H,6,14H2,1-2H3. The number of nitrogens with two attached hydrogens (primary N) is 1. The van der Waals surface area contributed by atoms with Crippen LogP contribution in [0.1, 0.15) is 22.9 Å². The van der Waals surface area contributed by atoms with Crippen molar-refractivity contribution in [3.8, 4) is 0 Å². The molecule has 2 rings (SSSR count). The Labute approximate surface area is 99.2 Å². The molecule has 2 N–H and O–H groups in total. The summed E-state index contributed by atoms with van der Waals surface area (Å²) in [6.45, 7) is 1.73. The molecule has 5 heteroatoms. The van der Waals surface area contributed by atoms with E-state index in [9.17, 15) is 4.39 Å². The van der Waals surface area contributed by atoms with Gasteiger partial charge < -0.3 is 5.73 Å². The average Bonchev–Trinajstić information content (AvgIpc) is 2.68. The number of hydrogen-bond acceptors (Lipinski definition) is 3. The molecule has 0 aliphatic heterocycles. The Morgan fingerprint density at radius 3 is 2.88 bits per heavy atom. The van der Waals surface area contributed by atoms with Crippen LogP contribution in [0.25, 0.3) is 0 Å². The molecule has 0 bridgehead atoms. The molecule has 0 radical (unpaired) electrons. The SMILES string of the molecule is Cc1cccc(C(N)Cc2cn(C)nn2)c1F. The molecule has 4 nitrogen and oxygen atoms in total. The van der Waals surface area contributed by atoms with Crippen LogP contribution in [0.2, 0.25) is 0 Å². The molecule has 0 amide bonds. The van der Waals surface area contributed by atoms with Crippen LogP contribution in [0.4, 0.5) is 4.39 Å². The zero-order valence-corrected chi connectivity index (χ0v) is 9.89. The smallest absolute Gasteiger partial charge is 0.130 e. The molecule has 1 aromatic heterocycles. The van der Waals surface area contributed by atoms with Gasteiger partial charge in [0.1, 0.15) is 5.82 Å². The van der Waals surface area contributed by atoms with E-state index in [0.717, 1.165) is 5.69 Å². The molecule has 1 unspecified atom stereocenters. The molecule has 2 aromatic rings. The number of hydrogen-bond donors (Lipinski definition) is 1. The van der Waals surface area contributed by atoms with Gasteiger partial charge in [-0.15, -0.1) is 5.10 Å².